The van der Waals surface area contributed by atoms with E-state index < -0.39 is 0 Å². The van der Waals surface area contributed by atoms with Crippen molar-refractivity contribution in [3.63, 3.8) is 0 Å². The van der Waals surface area contributed by atoms with E-state index in [1.807, 2.05) is 0 Å². The van der Waals surface area contributed by atoms with Crippen LogP contribution >= 0.6 is 0 Å². The fraction of sp³-hybridized carbons (Fsp3) is 0.429. The van der Waals surface area contributed by atoms with Gasteiger partial charge in [-0.05, 0) is 17.5 Å². The third kappa shape index (κ3) is 1.98. The van der Waals surface area contributed by atoms with Gasteiger partial charge in [0.1, 0.15) is 0 Å². The van der Waals surface area contributed by atoms with Crippen molar-refractivity contribution < 1.29 is 4.52 Å². The molecule has 2 heterocycles. The molecule has 0 saturated heterocycles. The number of hydrogen-bond donors (Lipinski definition) is 0. The molecule has 0 saturated carbocycles. The Morgan fingerprint density at radius 1 is 1.22 bits per heavy atom. The summed E-state index contributed by atoms with van der Waals surface area (Å²) in [5.41, 5.74) is 2.78. The number of fused-ring (bicyclic) bond motifs is 1. The summed E-state index contributed by atoms with van der Waals surface area (Å²) in [6.45, 7) is 5.94. The van der Waals surface area contributed by atoms with Gasteiger partial charge < -0.3 is 9.42 Å². The van der Waals surface area contributed by atoms with Crippen LogP contribution in [0.2, 0.25) is 0 Å². The molecule has 1 aliphatic rings. The molecule has 0 bridgehead atoms. The summed E-state index contributed by atoms with van der Waals surface area (Å²) >= 11 is 0. The number of benzene rings is 1. The lowest BCUT2D eigenvalue weighted by Gasteiger charge is -2.26. The Balaban J connectivity index is 1.83. The second kappa shape index (κ2) is 4.44. The summed E-state index contributed by atoms with van der Waals surface area (Å²) in [4.78, 5) is 6.61. The van der Waals surface area contributed by atoms with E-state index >= 15 is 0 Å². The van der Waals surface area contributed by atoms with Crippen LogP contribution < -0.4 is 4.90 Å². The number of aromatic nitrogens is 2. The Hall–Kier alpha value is -1.84. The maximum absolute atomic E-state index is 5.35. The lowest BCUT2D eigenvalue weighted by molar-refractivity contribution is 0.401. The summed E-state index contributed by atoms with van der Waals surface area (Å²) in [7, 11) is 0. The third-order valence-electron chi connectivity index (χ3n) is 3.35. The van der Waals surface area contributed by atoms with Gasteiger partial charge in [0, 0.05) is 19.0 Å². The smallest absolute Gasteiger partial charge is 0.320 e. The first-order chi connectivity index (χ1) is 8.74. The average molecular weight is 243 g/mol. The van der Waals surface area contributed by atoms with Crippen molar-refractivity contribution in [3.05, 3.63) is 41.2 Å². The van der Waals surface area contributed by atoms with Crippen molar-refractivity contribution in [2.45, 2.75) is 32.7 Å². The Morgan fingerprint density at radius 3 is 2.72 bits per heavy atom. The summed E-state index contributed by atoms with van der Waals surface area (Å²) in [5, 5.41) is 4.02. The van der Waals surface area contributed by atoms with E-state index in [2.05, 4.69) is 53.2 Å². The van der Waals surface area contributed by atoms with Gasteiger partial charge in [0.2, 0.25) is 0 Å². The molecule has 2 aromatic rings. The van der Waals surface area contributed by atoms with Crippen molar-refractivity contribution >= 4 is 6.01 Å². The largest absolute Gasteiger partial charge is 0.324 e. The molecule has 18 heavy (non-hydrogen) atoms. The number of anilines is 1. The highest BCUT2D eigenvalue weighted by Crippen LogP contribution is 2.24. The summed E-state index contributed by atoms with van der Waals surface area (Å²) in [6.07, 6.45) is 1.04. The van der Waals surface area contributed by atoms with Crippen LogP contribution in [0, 0.1) is 0 Å². The number of rotatable bonds is 2. The van der Waals surface area contributed by atoms with Crippen LogP contribution in [0.5, 0.6) is 0 Å². The number of nitrogens with zero attached hydrogens (tertiary/aromatic N) is 3. The lowest BCUT2D eigenvalue weighted by atomic mass is 10.0. The van der Waals surface area contributed by atoms with Crippen molar-refractivity contribution in [2.75, 3.05) is 11.4 Å². The quantitative estimate of drug-likeness (QED) is 0.813. The summed E-state index contributed by atoms with van der Waals surface area (Å²) in [5.74, 6) is 1.09. The standard InChI is InChI=1S/C14H17N3O/c1-10(2)13-15-14(18-16-13)17-8-7-11-5-3-4-6-12(11)9-17/h3-6,10H,7-9H2,1-2H3. The van der Waals surface area contributed by atoms with Gasteiger partial charge in [-0.15, -0.1) is 0 Å². The van der Waals surface area contributed by atoms with Crippen LogP contribution in [-0.2, 0) is 13.0 Å². The SMILES string of the molecule is CC(C)c1noc(N2CCc3ccccc3C2)n1. The normalized spacial score (nSPS) is 14.9. The van der Waals surface area contributed by atoms with E-state index in [9.17, 15) is 0 Å². The lowest BCUT2D eigenvalue weighted by Crippen LogP contribution is -2.30. The first-order valence-electron chi connectivity index (χ1n) is 6.39. The zero-order valence-corrected chi connectivity index (χ0v) is 10.8. The van der Waals surface area contributed by atoms with Gasteiger partial charge in [-0.2, -0.15) is 4.98 Å². The van der Waals surface area contributed by atoms with Crippen LogP contribution in [0.25, 0.3) is 0 Å². The molecule has 0 radical (unpaired) electrons. The zero-order chi connectivity index (χ0) is 12.5. The van der Waals surface area contributed by atoms with Crippen molar-refractivity contribution in [2.24, 2.45) is 0 Å². The van der Waals surface area contributed by atoms with Crippen LogP contribution in [-0.4, -0.2) is 16.7 Å². The Kier molecular flexibility index (Phi) is 2.78. The Labute approximate surface area is 107 Å². The maximum atomic E-state index is 5.35. The van der Waals surface area contributed by atoms with Gasteiger partial charge >= 0.3 is 6.01 Å². The molecule has 3 rings (SSSR count). The van der Waals surface area contributed by atoms with E-state index in [0.717, 1.165) is 25.3 Å². The van der Waals surface area contributed by atoms with E-state index in [1.54, 1.807) is 0 Å². The molecule has 0 spiro atoms. The highest BCUT2D eigenvalue weighted by atomic mass is 16.5. The molecule has 0 amide bonds. The second-order valence-corrected chi connectivity index (χ2v) is 5.03. The summed E-state index contributed by atoms with van der Waals surface area (Å²) in [6, 6.07) is 9.18. The minimum atomic E-state index is 0.305. The van der Waals surface area contributed by atoms with Gasteiger partial charge in [0.05, 0.1) is 0 Å². The highest BCUT2D eigenvalue weighted by molar-refractivity contribution is 5.38. The van der Waals surface area contributed by atoms with Crippen LogP contribution in [0.1, 0.15) is 36.7 Å². The maximum Gasteiger partial charge on any atom is 0.324 e. The minimum absolute atomic E-state index is 0.305. The number of hydrogen-bond acceptors (Lipinski definition) is 4. The first kappa shape index (κ1) is 11.3. The van der Waals surface area contributed by atoms with Gasteiger partial charge in [-0.3, -0.25) is 0 Å². The molecule has 4 nitrogen and oxygen atoms in total. The Bertz CT molecular complexity index is 547. The molecular weight excluding hydrogens is 226 g/mol. The monoisotopic (exact) mass is 243 g/mol. The molecule has 0 unspecified atom stereocenters. The molecule has 0 fully saturated rings. The minimum Gasteiger partial charge on any atom is -0.320 e. The second-order valence-electron chi connectivity index (χ2n) is 5.03. The molecule has 0 atom stereocenters. The Morgan fingerprint density at radius 2 is 2.00 bits per heavy atom. The van der Waals surface area contributed by atoms with Gasteiger partial charge in [-0.25, -0.2) is 0 Å². The fourth-order valence-corrected chi connectivity index (χ4v) is 2.25. The van der Waals surface area contributed by atoms with E-state index in [-0.39, 0.29) is 0 Å². The van der Waals surface area contributed by atoms with Crippen molar-refractivity contribution in [1.82, 2.24) is 10.1 Å². The first-order valence-corrected chi connectivity index (χ1v) is 6.39. The van der Waals surface area contributed by atoms with Crippen LogP contribution in [0.4, 0.5) is 6.01 Å². The van der Waals surface area contributed by atoms with Crippen molar-refractivity contribution in [3.8, 4) is 0 Å². The molecule has 1 aromatic heterocycles. The molecule has 4 heteroatoms. The van der Waals surface area contributed by atoms with Gasteiger partial charge in [0.15, 0.2) is 5.82 Å². The molecule has 1 aliphatic heterocycles. The summed E-state index contributed by atoms with van der Waals surface area (Å²) < 4.78 is 5.35. The predicted octanol–water partition coefficient (Wildman–Crippen LogP) is 2.76. The highest BCUT2D eigenvalue weighted by Gasteiger charge is 2.21. The molecule has 0 N–H and O–H groups in total. The van der Waals surface area contributed by atoms with Gasteiger partial charge in [0.25, 0.3) is 0 Å². The van der Waals surface area contributed by atoms with Crippen LogP contribution in [0.15, 0.2) is 28.8 Å². The van der Waals surface area contributed by atoms with Gasteiger partial charge in [-0.1, -0.05) is 43.3 Å². The van der Waals surface area contributed by atoms with Crippen LogP contribution in [0.3, 0.4) is 0 Å². The third-order valence-corrected chi connectivity index (χ3v) is 3.35. The van der Waals surface area contributed by atoms with E-state index in [4.69, 9.17) is 4.52 Å². The average Bonchev–Trinajstić information content (AvgIpc) is 2.88. The molecule has 94 valence electrons. The fourth-order valence-electron chi connectivity index (χ4n) is 2.25. The van der Waals surface area contributed by atoms with E-state index in [0.29, 0.717) is 11.9 Å². The van der Waals surface area contributed by atoms with Crippen molar-refractivity contribution in [1.29, 1.82) is 0 Å². The topological polar surface area (TPSA) is 42.2 Å². The predicted molar refractivity (Wildman–Crippen MR) is 69.6 cm³/mol. The molecule has 0 aliphatic carbocycles. The van der Waals surface area contributed by atoms with E-state index in [1.165, 1.54) is 11.1 Å². The molecular formula is C14H17N3O. The molecule has 1 aromatic carbocycles. The zero-order valence-electron chi connectivity index (χ0n) is 10.8.